The minimum atomic E-state index is 0.00430. The van der Waals surface area contributed by atoms with Gasteiger partial charge in [0.25, 0.3) is 0 Å². The zero-order valence-electron chi connectivity index (χ0n) is 11.8. The molecule has 0 bridgehead atoms. The summed E-state index contributed by atoms with van der Waals surface area (Å²) in [6.45, 7) is 11.7. The first-order chi connectivity index (χ1) is 8.59. The first-order valence-corrected chi connectivity index (χ1v) is 8.40. The quantitative estimate of drug-likeness (QED) is 0.724. The summed E-state index contributed by atoms with van der Waals surface area (Å²) in [5.74, 6) is 0. The van der Waals surface area contributed by atoms with Crippen LogP contribution in [0.2, 0.25) is 0 Å². The molecule has 18 heavy (non-hydrogen) atoms. The largest absolute Gasteiger partial charge is 0.369 e. The third-order valence-electron chi connectivity index (χ3n) is 3.87. The van der Waals surface area contributed by atoms with E-state index in [0.29, 0.717) is 6.10 Å². The van der Waals surface area contributed by atoms with E-state index in [9.17, 15) is 0 Å². The fourth-order valence-electron chi connectivity index (χ4n) is 3.19. The molecule has 0 radical (unpaired) electrons. The summed E-state index contributed by atoms with van der Waals surface area (Å²) in [6.07, 6.45) is 4.44. The molecule has 1 unspecified atom stereocenters. The number of rotatable bonds is 5. The predicted molar refractivity (Wildman–Crippen MR) is 79.5 cm³/mol. The van der Waals surface area contributed by atoms with Gasteiger partial charge in [-0.3, -0.25) is 4.90 Å². The average Bonchev–Trinajstić information content (AvgIpc) is 2.80. The molecule has 2 aliphatic rings. The molecule has 4 heteroatoms. The minimum Gasteiger partial charge on any atom is -0.369 e. The van der Waals surface area contributed by atoms with Gasteiger partial charge in [0.15, 0.2) is 0 Å². The van der Waals surface area contributed by atoms with Crippen LogP contribution in [0, 0.1) is 0 Å². The summed E-state index contributed by atoms with van der Waals surface area (Å²) in [7, 11) is 0. The maximum atomic E-state index is 6.03. The SMILES string of the molecule is CC1(C)CN(CCCN2CCCC2)CC(CBr)O1. The molecule has 0 aromatic heterocycles. The normalized spacial score (nSPS) is 29.8. The van der Waals surface area contributed by atoms with Crippen molar-refractivity contribution in [3.8, 4) is 0 Å². The topological polar surface area (TPSA) is 15.7 Å². The summed E-state index contributed by atoms with van der Waals surface area (Å²) < 4.78 is 6.03. The van der Waals surface area contributed by atoms with Crippen LogP contribution >= 0.6 is 15.9 Å². The highest BCUT2D eigenvalue weighted by atomic mass is 79.9. The van der Waals surface area contributed by atoms with Gasteiger partial charge in [0.05, 0.1) is 11.7 Å². The summed E-state index contributed by atoms with van der Waals surface area (Å²) in [6, 6.07) is 0. The predicted octanol–water partition coefficient (Wildman–Crippen LogP) is 2.35. The van der Waals surface area contributed by atoms with Gasteiger partial charge in [-0.2, -0.15) is 0 Å². The second kappa shape index (κ2) is 6.69. The zero-order valence-corrected chi connectivity index (χ0v) is 13.4. The zero-order chi connectivity index (χ0) is 13.0. The Kier molecular flexibility index (Phi) is 5.48. The van der Waals surface area contributed by atoms with E-state index in [2.05, 4.69) is 39.6 Å². The van der Waals surface area contributed by atoms with Gasteiger partial charge in [0.1, 0.15) is 0 Å². The Morgan fingerprint density at radius 2 is 1.83 bits per heavy atom. The molecule has 0 aromatic carbocycles. The number of alkyl halides is 1. The minimum absolute atomic E-state index is 0.00430. The van der Waals surface area contributed by atoms with Crippen LogP contribution in [0.5, 0.6) is 0 Å². The van der Waals surface area contributed by atoms with Crippen molar-refractivity contribution in [3.63, 3.8) is 0 Å². The van der Waals surface area contributed by atoms with Gasteiger partial charge in [-0.1, -0.05) is 15.9 Å². The standard InChI is InChI=1S/C14H27BrN2O/c1-14(2)12-17(11-13(10-15)18-14)9-5-8-16-6-3-4-7-16/h13H,3-12H2,1-2H3. The van der Waals surface area contributed by atoms with E-state index >= 15 is 0 Å². The average molecular weight is 319 g/mol. The lowest BCUT2D eigenvalue weighted by molar-refractivity contribution is -0.126. The lowest BCUT2D eigenvalue weighted by Crippen LogP contribution is -2.53. The molecule has 2 fully saturated rings. The second-order valence-corrected chi connectivity index (χ2v) is 6.94. The Morgan fingerprint density at radius 3 is 2.50 bits per heavy atom. The summed E-state index contributed by atoms with van der Waals surface area (Å²) in [5, 5.41) is 0.944. The van der Waals surface area contributed by atoms with E-state index in [1.165, 1.54) is 45.4 Å². The van der Waals surface area contributed by atoms with Crippen LogP contribution in [0.4, 0.5) is 0 Å². The first kappa shape index (κ1) is 14.8. The van der Waals surface area contributed by atoms with Crippen molar-refractivity contribution in [1.82, 2.24) is 9.80 Å². The molecule has 2 heterocycles. The van der Waals surface area contributed by atoms with E-state index in [1.54, 1.807) is 0 Å². The molecule has 0 aliphatic carbocycles. The van der Waals surface area contributed by atoms with Crippen molar-refractivity contribution < 1.29 is 4.74 Å². The molecule has 2 rings (SSSR count). The number of hydrogen-bond acceptors (Lipinski definition) is 3. The number of halogens is 1. The van der Waals surface area contributed by atoms with Crippen LogP contribution in [0.3, 0.4) is 0 Å². The van der Waals surface area contributed by atoms with Gasteiger partial charge in [-0.25, -0.2) is 0 Å². The Bertz CT molecular complexity index is 254. The lowest BCUT2D eigenvalue weighted by atomic mass is 10.1. The number of likely N-dealkylation sites (tertiary alicyclic amines) is 1. The van der Waals surface area contributed by atoms with Crippen molar-refractivity contribution in [2.45, 2.75) is 44.8 Å². The van der Waals surface area contributed by atoms with Gasteiger partial charge < -0.3 is 9.64 Å². The summed E-state index contributed by atoms with van der Waals surface area (Å²) in [5.41, 5.74) is 0.00430. The molecular formula is C14H27BrN2O. The number of morpholine rings is 1. The molecule has 0 amide bonds. The molecule has 0 aromatic rings. The molecule has 1 atom stereocenters. The molecule has 106 valence electrons. The van der Waals surface area contributed by atoms with Crippen LogP contribution in [-0.4, -0.2) is 66.1 Å². The fourth-order valence-corrected chi connectivity index (χ4v) is 3.53. The number of nitrogens with zero attached hydrogens (tertiary/aromatic N) is 2. The van der Waals surface area contributed by atoms with Crippen molar-refractivity contribution >= 4 is 15.9 Å². The highest BCUT2D eigenvalue weighted by Crippen LogP contribution is 2.22. The Hall–Kier alpha value is 0.360. The first-order valence-electron chi connectivity index (χ1n) is 7.27. The van der Waals surface area contributed by atoms with E-state index in [-0.39, 0.29) is 5.60 Å². The van der Waals surface area contributed by atoms with Crippen LogP contribution in [0.1, 0.15) is 33.1 Å². The van der Waals surface area contributed by atoms with Crippen molar-refractivity contribution in [3.05, 3.63) is 0 Å². The van der Waals surface area contributed by atoms with Gasteiger partial charge >= 0.3 is 0 Å². The van der Waals surface area contributed by atoms with E-state index in [0.717, 1.165) is 18.4 Å². The van der Waals surface area contributed by atoms with E-state index in [1.807, 2.05) is 0 Å². The van der Waals surface area contributed by atoms with Crippen LogP contribution < -0.4 is 0 Å². The lowest BCUT2D eigenvalue weighted by Gasteiger charge is -2.42. The van der Waals surface area contributed by atoms with Gasteiger partial charge in [-0.15, -0.1) is 0 Å². The molecule has 2 aliphatic heterocycles. The van der Waals surface area contributed by atoms with Crippen LogP contribution in [0.15, 0.2) is 0 Å². The molecule has 0 saturated carbocycles. The van der Waals surface area contributed by atoms with E-state index < -0.39 is 0 Å². The fraction of sp³-hybridized carbons (Fsp3) is 1.00. The summed E-state index contributed by atoms with van der Waals surface area (Å²) >= 11 is 3.55. The Balaban J connectivity index is 1.70. The van der Waals surface area contributed by atoms with Crippen LogP contribution in [-0.2, 0) is 4.74 Å². The number of ether oxygens (including phenoxy) is 1. The van der Waals surface area contributed by atoms with Crippen molar-refractivity contribution in [2.75, 3.05) is 44.6 Å². The monoisotopic (exact) mass is 318 g/mol. The van der Waals surface area contributed by atoms with Gasteiger partial charge in [0, 0.05) is 18.4 Å². The molecule has 2 saturated heterocycles. The highest BCUT2D eigenvalue weighted by molar-refractivity contribution is 9.09. The van der Waals surface area contributed by atoms with E-state index in [4.69, 9.17) is 4.74 Å². The van der Waals surface area contributed by atoms with Crippen molar-refractivity contribution in [1.29, 1.82) is 0 Å². The maximum absolute atomic E-state index is 6.03. The molecule has 0 spiro atoms. The van der Waals surface area contributed by atoms with Crippen LogP contribution in [0.25, 0.3) is 0 Å². The van der Waals surface area contributed by atoms with Gasteiger partial charge in [-0.05, 0) is 59.3 Å². The molecule has 0 N–H and O–H groups in total. The molecule has 3 nitrogen and oxygen atoms in total. The second-order valence-electron chi connectivity index (χ2n) is 6.29. The smallest absolute Gasteiger partial charge is 0.0806 e. The third kappa shape index (κ3) is 4.48. The number of hydrogen-bond donors (Lipinski definition) is 0. The maximum Gasteiger partial charge on any atom is 0.0806 e. The van der Waals surface area contributed by atoms with Gasteiger partial charge in [0.2, 0.25) is 0 Å². The molecular weight excluding hydrogens is 292 g/mol. The third-order valence-corrected chi connectivity index (χ3v) is 4.59. The van der Waals surface area contributed by atoms with Crippen molar-refractivity contribution in [2.24, 2.45) is 0 Å². The highest BCUT2D eigenvalue weighted by Gasteiger charge is 2.32. The summed E-state index contributed by atoms with van der Waals surface area (Å²) in [4.78, 5) is 5.18. The Labute approximate surface area is 120 Å². The Morgan fingerprint density at radius 1 is 1.17 bits per heavy atom.